The van der Waals surface area contributed by atoms with Crippen molar-refractivity contribution in [2.24, 2.45) is 5.92 Å². The van der Waals surface area contributed by atoms with Gasteiger partial charge in [0.05, 0.1) is 17.0 Å². The molecule has 3 N–H and O–H groups in total. The molecule has 1 aromatic rings. The fourth-order valence-corrected chi connectivity index (χ4v) is 4.96. The van der Waals surface area contributed by atoms with E-state index in [-0.39, 0.29) is 58.3 Å². The van der Waals surface area contributed by atoms with E-state index in [1.54, 1.807) is 0 Å². The van der Waals surface area contributed by atoms with E-state index >= 15 is 0 Å². The maximum Gasteiger partial charge on any atom is 0.258 e. The predicted molar refractivity (Wildman–Crippen MR) is 104 cm³/mol. The van der Waals surface area contributed by atoms with Crippen LogP contribution < -0.4 is 20.9 Å². The molecule has 2 bridgehead atoms. The van der Waals surface area contributed by atoms with Crippen LogP contribution in [0.3, 0.4) is 0 Å². The Kier molecular flexibility index (Phi) is 5.21. The summed E-state index contributed by atoms with van der Waals surface area (Å²) >= 11 is 5.63. The number of benzene rings is 1. The second-order valence-corrected chi connectivity index (χ2v) is 8.88. The van der Waals surface area contributed by atoms with Gasteiger partial charge in [0.25, 0.3) is 5.91 Å². The zero-order chi connectivity index (χ0) is 20.8. The number of rotatable bonds is 7. The summed E-state index contributed by atoms with van der Waals surface area (Å²) in [5.41, 5.74) is 2.42. The number of ether oxygens (including phenoxy) is 1. The molecule has 0 spiro atoms. The maximum absolute atomic E-state index is 13.4. The molecule has 3 saturated carbocycles. The van der Waals surface area contributed by atoms with Gasteiger partial charge in [-0.05, 0) is 44.7 Å². The average Bonchev–Trinajstić information content (AvgIpc) is 3.00. The van der Waals surface area contributed by atoms with Crippen LogP contribution in [0.4, 0.5) is 4.39 Å². The van der Waals surface area contributed by atoms with Crippen molar-refractivity contribution in [1.29, 1.82) is 0 Å². The fourth-order valence-electron chi connectivity index (χ4n) is 4.85. The summed E-state index contributed by atoms with van der Waals surface area (Å²) < 4.78 is 18.7. The highest BCUT2D eigenvalue weighted by atomic mass is 35.5. The van der Waals surface area contributed by atoms with Crippen LogP contribution in [0.1, 0.15) is 39.5 Å². The molecule has 4 aliphatic rings. The van der Waals surface area contributed by atoms with Crippen molar-refractivity contribution >= 4 is 23.4 Å². The van der Waals surface area contributed by atoms with Gasteiger partial charge in [0.2, 0.25) is 5.91 Å². The Morgan fingerprint density at radius 2 is 2.00 bits per heavy atom. The summed E-state index contributed by atoms with van der Waals surface area (Å²) in [6.45, 7) is 3.71. The van der Waals surface area contributed by atoms with Crippen LogP contribution >= 0.6 is 11.6 Å². The molecule has 158 valence electrons. The molecular formula is C20H25ClFN3O4. The largest absolute Gasteiger partial charge is 0.484 e. The number of carbonyl (C=O) groups is 2. The van der Waals surface area contributed by atoms with Crippen LogP contribution in [0.25, 0.3) is 0 Å². The molecule has 5 rings (SSSR count). The van der Waals surface area contributed by atoms with Crippen molar-refractivity contribution in [3.63, 3.8) is 0 Å². The summed E-state index contributed by atoms with van der Waals surface area (Å²) in [7, 11) is 0. The van der Waals surface area contributed by atoms with Crippen LogP contribution in [0.15, 0.2) is 18.2 Å². The zero-order valence-corrected chi connectivity index (χ0v) is 17.1. The Morgan fingerprint density at radius 1 is 1.31 bits per heavy atom. The van der Waals surface area contributed by atoms with Gasteiger partial charge in [0, 0.05) is 23.2 Å². The van der Waals surface area contributed by atoms with Crippen LogP contribution in [0, 0.1) is 11.7 Å². The molecule has 3 unspecified atom stereocenters. The number of hydrogen-bond donors (Lipinski definition) is 3. The van der Waals surface area contributed by atoms with E-state index in [0.717, 1.165) is 12.5 Å². The van der Waals surface area contributed by atoms with Gasteiger partial charge in [-0.2, -0.15) is 5.48 Å². The summed E-state index contributed by atoms with van der Waals surface area (Å²) in [4.78, 5) is 30.3. The van der Waals surface area contributed by atoms with Crippen LogP contribution in [0.5, 0.6) is 5.75 Å². The summed E-state index contributed by atoms with van der Waals surface area (Å²) in [6.07, 6.45) is 2.76. The molecule has 1 saturated heterocycles. The van der Waals surface area contributed by atoms with Gasteiger partial charge in [-0.3, -0.25) is 14.4 Å². The van der Waals surface area contributed by atoms with Gasteiger partial charge < -0.3 is 15.4 Å². The Bertz CT molecular complexity index is 816. The third-order valence-corrected chi connectivity index (χ3v) is 6.48. The van der Waals surface area contributed by atoms with E-state index in [2.05, 4.69) is 16.1 Å². The minimum atomic E-state index is -0.593. The highest BCUT2D eigenvalue weighted by molar-refractivity contribution is 6.30. The lowest BCUT2D eigenvalue weighted by Crippen LogP contribution is -2.84. The lowest BCUT2D eigenvalue weighted by atomic mass is 9.44. The summed E-state index contributed by atoms with van der Waals surface area (Å²) in [5.74, 6) is -0.831. The quantitative estimate of drug-likeness (QED) is 0.622. The molecule has 1 heterocycles. The first kappa shape index (κ1) is 20.4. The zero-order valence-electron chi connectivity index (χ0n) is 16.4. The number of hydrogen-bond acceptors (Lipinski definition) is 5. The van der Waals surface area contributed by atoms with Crippen molar-refractivity contribution in [3.05, 3.63) is 29.0 Å². The third kappa shape index (κ3) is 3.81. The van der Waals surface area contributed by atoms with Crippen molar-refractivity contribution in [2.45, 2.75) is 62.8 Å². The minimum Gasteiger partial charge on any atom is -0.484 e. The molecule has 3 atom stereocenters. The Hall–Kier alpha value is -1.90. The Labute approximate surface area is 173 Å². The standard InChI is InChI=1S/C20H25ClFN3O4/c1-3-15-17(11(2)29-25-15)18(27)24-20-8-19(9-20,10-20)23-16(26)7-28-12-4-5-13(21)14(22)6-12/h4-6,11,15,17,25H,3,7-10H2,1-2H3,(H,23,26)(H,24,27). The average molecular weight is 426 g/mol. The molecule has 9 heteroatoms. The molecule has 0 aromatic heterocycles. The van der Waals surface area contributed by atoms with E-state index < -0.39 is 5.82 Å². The van der Waals surface area contributed by atoms with Gasteiger partial charge in [-0.1, -0.05) is 18.5 Å². The van der Waals surface area contributed by atoms with Crippen molar-refractivity contribution in [1.82, 2.24) is 16.1 Å². The van der Waals surface area contributed by atoms with E-state index in [1.807, 2.05) is 13.8 Å². The van der Waals surface area contributed by atoms with Crippen molar-refractivity contribution in [2.75, 3.05) is 6.61 Å². The molecule has 1 aromatic carbocycles. The Balaban J connectivity index is 1.23. The van der Waals surface area contributed by atoms with Crippen LogP contribution in [-0.4, -0.2) is 41.6 Å². The molecule has 0 radical (unpaired) electrons. The lowest BCUT2D eigenvalue weighted by molar-refractivity contribution is -0.153. The van der Waals surface area contributed by atoms with Gasteiger partial charge in [0.15, 0.2) is 6.61 Å². The van der Waals surface area contributed by atoms with Gasteiger partial charge in [-0.15, -0.1) is 0 Å². The van der Waals surface area contributed by atoms with Crippen molar-refractivity contribution < 1.29 is 23.6 Å². The van der Waals surface area contributed by atoms with Gasteiger partial charge >= 0.3 is 0 Å². The molecular weight excluding hydrogens is 401 g/mol. The topological polar surface area (TPSA) is 88.7 Å². The van der Waals surface area contributed by atoms with Gasteiger partial charge in [-0.25, -0.2) is 4.39 Å². The predicted octanol–water partition coefficient (Wildman–Crippen LogP) is 2.08. The normalized spacial score (nSPS) is 34.7. The SMILES string of the molecule is CCC1NOC(C)C1C(=O)NC12CC(NC(=O)COc3ccc(Cl)c(F)c3)(C1)C2. The van der Waals surface area contributed by atoms with E-state index in [1.165, 1.54) is 12.1 Å². The molecule has 3 aliphatic carbocycles. The Morgan fingerprint density at radius 3 is 2.66 bits per heavy atom. The second-order valence-electron chi connectivity index (χ2n) is 8.47. The van der Waals surface area contributed by atoms with Gasteiger partial charge in [0.1, 0.15) is 11.6 Å². The number of carbonyl (C=O) groups excluding carboxylic acids is 2. The summed E-state index contributed by atoms with van der Waals surface area (Å²) in [6, 6.07) is 4.05. The first-order valence-electron chi connectivity index (χ1n) is 9.87. The molecule has 7 nitrogen and oxygen atoms in total. The monoisotopic (exact) mass is 425 g/mol. The smallest absolute Gasteiger partial charge is 0.258 e. The number of hydroxylamine groups is 1. The highest BCUT2D eigenvalue weighted by Gasteiger charge is 2.69. The summed E-state index contributed by atoms with van der Waals surface area (Å²) in [5, 5.41) is 6.15. The molecule has 2 amide bonds. The van der Waals surface area contributed by atoms with E-state index in [0.29, 0.717) is 19.3 Å². The number of nitrogens with one attached hydrogen (secondary N) is 3. The number of amides is 2. The van der Waals surface area contributed by atoms with Crippen molar-refractivity contribution in [3.8, 4) is 5.75 Å². The molecule has 4 fully saturated rings. The van der Waals surface area contributed by atoms with Crippen LogP contribution in [0.2, 0.25) is 5.02 Å². The number of halogens is 2. The van der Waals surface area contributed by atoms with Crippen LogP contribution in [-0.2, 0) is 14.4 Å². The minimum absolute atomic E-state index is 0.00192. The lowest BCUT2D eigenvalue weighted by Gasteiger charge is -2.70. The first-order chi connectivity index (χ1) is 13.7. The van der Waals surface area contributed by atoms with E-state index in [4.69, 9.17) is 21.2 Å². The highest BCUT2D eigenvalue weighted by Crippen LogP contribution is 2.60. The third-order valence-electron chi connectivity index (χ3n) is 6.17. The van der Waals surface area contributed by atoms with E-state index in [9.17, 15) is 14.0 Å². The molecule has 29 heavy (non-hydrogen) atoms. The fraction of sp³-hybridized carbons (Fsp3) is 0.600. The second kappa shape index (κ2) is 7.41. The first-order valence-corrected chi connectivity index (χ1v) is 10.2. The molecule has 1 aliphatic heterocycles. The maximum atomic E-state index is 13.4.